The Morgan fingerprint density at radius 1 is 1.19 bits per heavy atom. The first-order valence-corrected chi connectivity index (χ1v) is 8.97. The third-order valence-corrected chi connectivity index (χ3v) is 5.14. The number of nitrogens with one attached hydrogen (secondary N) is 1. The number of benzene rings is 1. The molecular weight excluding hydrogens is 330 g/mol. The molecule has 3 heterocycles. The third-order valence-electron chi connectivity index (χ3n) is 5.14. The third kappa shape index (κ3) is 3.35. The van der Waals surface area contributed by atoms with Crippen molar-refractivity contribution in [2.75, 3.05) is 31.2 Å². The number of imidazole rings is 1. The van der Waals surface area contributed by atoms with Gasteiger partial charge in [-0.15, -0.1) is 0 Å². The Balaban J connectivity index is 1.47. The van der Waals surface area contributed by atoms with Gasteiger partial charge in [0.25, 0.3) is 0 Å². The standard InChI is InChI=1S/C19H23N5O2/c25-12-19(8-10-26-15-5-2-1-3-6-15)7-4-9-24(11-19)18-16-17(21-13-20-16)22-14-23-18/h1-3,5-6,13-14,25H,4,7-12H2,(H,20,21,22,23)/t19-/m0/s1. The van der Waals surface area contributed by atoms with Gasteiger partial charge in [-0.3, -0.25) is 0 Å². The summed E-state index contributed by atoms with van der Waals surface area (Å²) in [7, 11) is 0. The minimum Gasteiger partial charge on any atom is -0.494 e. The number of aliphatic hydroxyl groups excluding tert-OH is 1. The number of aromatic amines is 1. The van der Waals surface area contributed by atoms with E-state index in [0.29, 0.717) is 12.3 Å². The van der Waals surface area contributed by atoms with Crippen molar-refractivity contribution in [3.63, 3.8) is 0 Å². The average molecular weight is 353 g/mol. The molecule has 1 aromatic carbocycles. The van der Waals surface area contributed by atoms with Crippen LogP contribution >= 0.6 is 0 Å². The van der Waals surface area contributed by atoms with E-state index < -0.39 is 0 Å². The molecule has 0 bridgehead atoms. The molecule has 0 radical (unpaired) electrons. The number of para-hydroxylation sites is 1. The lowest BCUT2D eigenvalue weighted by Crippen LogP contribution is -2.46. The van der Waals surface area contributed by atoms with Gasteiger partial charge < -0.3 is 19.7 Å². The molecule has 1 saturated heterocycles. The van der Waals surface area contributed by atoms with Gasteiger partial charge in [-0.2, -0.15) is 0 Å². The summed E-state index contributed by atoms with van der Waals surface area (Å²) in [6.07, 6.45) is 5.97. The summed E-state index contributed by atoms with van der Waals surface area (Å²) >= 11 is 0. The maximum atomic E-state index is 10.1. The van der Waals surface area contributed by atoms with Crippen molar-refractivity contribution in [3.8, 4) is 5.75 Å². The number of hydrogen-bond donors (Lipinski definition) is 2. The lowest BCUT2D eigenvalue weighted by atomic mass is 9.78. The van der Waals surface area contributed by atoms with Crippen LogP contribution in [0.15, 0.2) is 43.0 Å². The molecule has 1 fully saturated rings. The number of piperidine rings is 1. The topological polar surface area (TPSA) is 87.2 Å². The molecule has 0 unspecified atom stereocenters. The van der Waals surface area contributed by atoms with Crippen LogP contribution in [0.25, 0.3) is 11.2 Å². The van der Waals surface area contributed by atoms with E-state index >= 15 is 0 Å². The van der Waals surface area contributed by atoms with Crippen LogP contribution in [0.4, 0.5) is 5.82 Å². The van der Waals surface area contributed by atoms with Crippen molar-refractivity contribution in [2.24, 2.45) is 5.41 Å². The van der Waals surface area contributed by atoms with Crippen LogP contribution in [0.1, 0.15) is 19.3 Å². The van der Waals surface area contributed by atoms with Crippen molar-refractivity contribution < 1.29 is 9.84 Å². The molecule has 0 spiro atoms. The lowest BCUT2D eigenvalue weighted by molar-refractivity contribution is 0.0792. The Morgan fingerprint density at radius 2 is 2.08 bits per heavy atom. The second kappa shape index (κ2) is 7.29. The van der Waals surface area contributed by atoms with Gasteiger partial charge in [0.1, 0.15) is 17.6 Å². The number of aliphatic hydroxyl groups is 1. The number of rotatable bonds is 6. The number of nitrogens with zero attached hydrogens (tertiary/aromatic N) is 4. The molecule has 7 heteroatoms. The zero-order chi connectivity index (χ0) is 17.8. The molecule has 136 valence electrons. The maximum absolute atomic E-state index is 10.1. The van der Waals surface area contributed by atoms with Crippen molar-refractivity contribution >= 4 is 17.0 Å². The summed E-state index contributed by atoms with van der Waals surface area (Å²) in [5.41, 5.74) is 1.33. The molecule has 0 amide bonds. The molecule has 26 heavy (non-hydrogen) atoms. The van der Waals surface area contributed by atoms with E-state index in [4.69, 9.17) is 4.74 Å². The van der Waals surface area contributed by atoms with Gasteiger partial charge in [-0.05, 0) is 31.4 Å². The Kier molecular flexibility index (Phi) is 4.71. The molecule has 4 rings (SSSR count). The number of H-pyrrole nitrogens is 1. The second-order valence-corrected chi connectivity index (χ2v) is 6.89. The predicted molar refractivity (Wildman–Crippen MR) is 99.2 cm³/mol. The minimum atomic E-state index is -0.190. The Labute approximate surface area is 152 Å². The van der Waals surface area contributed by atoms with Gasteiger partial charge in [0.2, 0.25) is 0 Å². The second-order valence-electron chi connectivity index (χ2n) is 6.89. The Hall–Kier alpha value is -2.67. The highest BCUT2D eigenvalue weighted by atomic mass is 16.5. The molecule has 1 aliphatic heterocycles. The van der Waals surface area contributed by atoms with Crippen LogP contribution in [0, 0.1) is 5.41 Å². The molecule has 3 aromatic rings. The van der Waals surface area contributed by atoms with Crippen molar-refractivity contribution in [3.05, 3.63) is 43.0 Å². The minimum absolute atomic E-state index is 0.138. The molecule has 2 N–H and O–H groups in total. The Morgan fingerprint density at radius 3 is 2.92 bits per heavy atom. The molecule has 1 atom stereocenters. The molecule has 1 aliphatic rings. The van der Waals surface area contributed by atoms with Crippen LogP contribution in [0.5, 0.6) is 5.75 Å². The van der Waals surface area contributed by atoms with Crippen LogP contribution in [0.3, 0.4) is 0 Å². The predicted octanol–water partition coefficient (Wildman–Crippen LogP) is 2.40. The van der Waals surface area contributed by atoms with Gasteiger partial charge in [0.15, 0.2) is 11.5 Å². The average Bonchev–Trinajstić information content (AvgIpc) is 3.18. The van der Waals surface area contributed by atoms with Crippen LogP contribution in [0.2, 0.25) is 0 Å². The maximum Gasteiger partial charge on any atom is 0.182 e. The van der Waals surface area contributed by atoms with E-state index in [1.54, 1.807) is 12.7 Å². The van der Waals surface area contributed by atoms with Crippen LogP contribution in [-0.2, 0) is 0 Å². The Bertz CT molecular complexity index is 853. The van der Waals surface area contributed by atoms with E-state index in [9.17, 15) is 5.11 Å². The van der Waals surface area contributed by atoms with E-state index in [1.165, 1.54) is 0 Å². The van der Waals surface area contributed by atoms with Gasteiger partial charge in [-0.25, -0.2) is 15.0 Å². The largest absolute Gasteiger partial charge is 0.494 e. The number of fused-ring (bicyclic) bond motifs is 1. The van der Waals surface area contributed by atoms with E-state index in [2.05, 4.69) is 24.8 Å². The lowest BCUT2D eigenvalue weighted by Gasteiger charge is -2.42. The highest BCUT2D eigenvalue weighted by Gasteiger charge is 2.36. The van der Waals surface area contributed by atoms with Gasteiger partial charge in [-0.1, -0.05) is 18.2 Å². The number of aromatic nitrogens is 4. The van der Waals surface area contributed by atoms with Crippen LogP contribution in [-0.4, -0.2) is 51.3 Å². The molecule has 0 aliphatic carbocycles. The summed E-state index contributed by atoms with van der Waals surface area (Å²) in [6.45, 7) is 2.37. The SMILES string of the molecule is OC[C@]1(CCOc2ccccc2)CCCN(c2ncnc3nc[nH]c23)C1. The quantitative estimate of drug-likeness (QED) is 0.708. The first-order valence-electron chi connectivity index (χ1n) is 8.97. The van der Waals surface area contributed by atoms with Crippen LogP contribution < -0.4 is 9.64 Å². The summed E-state index contributed by atoms with van der Waals surface area (Å²) < 4.78 is 5.86. The van der Waals surface area contributed by atoms with Gasteiger partial charge in [0.05, 0.1) is 19.5 Å². The summed E-state index contributed by atoms with van der Waals surface area (Å²) in [4.78, 5) is 18.2. The molecule has 2 aromatic heterocycles. The highest BCUT2D eigenvalue weighted by molar-refractivity contribution is 5.82. The number of hydrogen-bond acceptors (Lipinski definition) is 6. The first kappa shape index (κ1) is 16.8. The molecular formula is C19H23N5O2. The monoisotopic (exact) mass is 353 g/mol. The van der Waals surface area contributed by atoms with Crippen molar-refractivity contribution in [2.45, 2.75) is 19.3 Å². The zero-order valence-electron chi connectivity index (χ0n) is 14.6. The summed E-state index contributed by atoms with van der Waals surface area (Å²) in [5.74, 6) is 1.72. The number of ether oxygens (including phenoxy) is 1. The fourth-order valence-electron chi connectivity index (χ4n) is 3.70. The van der Waals surface area contributed by atoms with Gasteiger partial charge >= 0.3 is 0 Å². The summed E-state index contributed by atoms with van der Waals surface area (Å²) in [6, 6.07) is 9.80. The van der Waals surface area contributed by atoms with Crippen molar-refractivity contribution in [1.82, 2.24) is 19.9 Å². The number of anilines is 1. The van der Waals surface area contributed by atoms with Crippen molar-refractivity contribution in [1.29, 1.82) is 0 Å². The highest BCUT2D eigenvalue weighted by Crippen LogP contribution is 2.36. The van der Waals surface area contributed by atoms with Gasteiger partial charge in [0, 0.05) is 18.5 Å². The normalized spacial score (nSPS) is 20.4. The smallest absolute Gasteiger partial charge is 0.182 e. The fourth-order valence-corrected chi connectivity index (χ4v) is 3.70. The zero-order valence-corrected chi connectivity index (χ0v) is 14.6. The van der Waals surface area contributed by atoms with E-state index in [-0.39, 0.29) is 12.0 Å². The fraction of sp³-hybridized carbons (Fsp3) is 0.421. The van der Waals surface area contributed by atoms with E-state index in [0.717, 1.165) is 49.4 Å². The molecule has 0 saturated carbocycles. The first-order chi connectivity index (χ1) is 12.8. The van der Waals surface area contributed by atoms with E-state index in [1.807, 2.05) is 30.3 Å². The molecule has 7 nitrogen and oxygen atoms in total. The summed E-state index contributed by atoms with van der Waals surface area (Å²) in [5, 5.41) is 10.1.